The molecule has 50 heavy (non-hydrogen) atoms. The van der Waals surface area contributed by atoms with Crippen LogP contribution in [0.15, 0.2) is 152 Å². The van der Waals surface area contributed by atoms with Gasteiger partial charge in [-0.15, -0.1) is 0 Å². The van der Waals surface area contributed by atoms with Crippen LogP contribution >= 0.6 is 0 Å². The second kappa shape index (κ2) is 12.8. The topological polar surface area (TPSA) is 38.7 Å². The fourth-order valence-electron chi connectivity index (χ4n) is 7.10. The van der Waals surface area contributed by atoms with Gasteiger partial charge < -0.3 is 0 Å². The number of benzene rings is 6. The van der Waals surface area contributed by atoms with E-state index < -0.39 is 8.07 Å². The fourth-order valence-corrected chi connectivity index (χ4v) is 10.2. The highest BCUT2D eigenvalue weighted by atomic mass is 28.3. The first kappa shape index (κ1) is 31.3. The summed E-state index contributed by atoms with van der Waals surface area (Å²) in [6.07, 6.45) is 4.12. The van der Waals surface area contributed by atoms with Crippen molar-refractivity contribution in [3.05, 3.63) is 169 Å². The minimum absolute atomic E-state index is 0.631. The molecular weight excluding hydrogens is 623 g/mol. The minimum atomic E-state index is -1.78. The number of hydrogen-bond donors (Lipinski definition) is 0. The van der Waals surface area contributed by atoms with Gasteiger partial charge in [-0.2, -0.15) is 0 Å². The van der Waals surface area contributed by atoms with Gasteiger partial charge in [-0.25, -0.2) is 15.0 Å². The highest BCUT2D eigenvalue weighted by Gasteiger charge is 2.37. The maximum Gasteiger partial charge on any atom is 0.164 e. The predicted molar refractivity (Wildman–Crippen MR) is 214 cm³/mol. The first-order chi connectivity index (χ1) is 24.4. The molecule has 1 aliphatic heterocycles. The molecule has 0 amide bonds. The van der Waals surface area contributed by atoms with Crippen molar-refractivity contribution in [2.24, 2.45) is 0 Å². The molecular formula is C46H37N3Si. The molecule has 2 heterocycles. The van der Waals surface area contributed by atoms with Crippen LogP contribution in [0.25, 0.3) is 74.1 Å². The number of rotatable bonds is 7. The molecule has 6 aromatic carbocycles. The van der Waals surface area contributed by atoms with E-state index in [0.29, 0.717) is 17.5 Å². The molecule has 0 radical (unpaired) electrons. The lowest BCUT2D eigenvalue weighted by molar-refractivity contribution is 1.07. The van der Waals surface area contributed by atoms with E-state index in [1.807, 2.05) is 18.2 Å². The Labute approximate surface area is 295 Å². The van der Waals surface area contributed by atoms with E-state index >= 15 is 0 Å². The molecule has 0 saturated carbocycles. The molecule has 1 aliphatic rings. The molecule has 4 heteroatoms. The van der Waals surface area contributed by atoms with Crippen LogP contribution in [0.5, 0.6) is 0 Å². The van der Waals surface area contributed by atoms with Gasteiger partial charge in [0.15, 0.2) is 17.5 Å². The molecule has 0 aliphatic carbocycles. The van der Waals surface area contributed by atoms with Crippen LogP contribution in [-0.2, 0) is 0 Å². The molecule has 0 atom stereocenters. The van der Waals surface area contributed by atoms with Crippen molar-refractivity contribution >= 4 is 36.2 Å². The Morgan fingerprint density at radius 2 is 1.02 bits per heavy atom. The summed E-state index contributed by atoms with van der Waals surface area (Å²) >= 11 is 0. The number of aromatic nitrogens is 3. The number of nitrogens with zero attached hydrogens (tertiary/aromatic N) is 3. The zero-order chi connectivity index (χ0) is 34.2. The zero-order valence-corrected chi connectivity index (χ0v) is 29.6. The minimum Gasteiger partial charge on any atom is -0.208 e. The number of allylic oxidation sites excluding steroid dienone is 1. The molecule has 0 saturated heterocycles. The summed E-state index contributed by atoms with van der Waals surface area (Å²) in [5, 5.41) is 2.94. The summed E-state index contributed by atoms with van der Waals surface area (Å²) in [5.41, 5.74) is 12.3. The quantitative estimate of drug-likeness (QED) is 0.126. The van der Waals surface area contributed by atoms with E-state index in [1.54, 1.807) is 0 Å². The lowest BCUT2D eigenvalue weighted by Crippen LogP contribution is -2.49. The normalized spacial score (nSPS) is 13.1. The van der Waals surface area contributed by atoms with Crippen molar-refractivity contribution in [3.8, 4) is 56.4 Å². The second-order valence-corrected chi connectivity index (χ2v) is 17.7. The van der Waals surface area contributed by atoms with Gasteiger partial charge in [-0.3, -0.25) is 0 Å². The van der Waals surface area contributed by atoms with E-state index in [-0.39, 0.29) is 0 Å². The van der Waals surface area contributed by atoms with Crippen molar-refractivity contribution in [3.63, 3.8) is 0 Å². The zero-order valence-electron chi connectivity index (χ0n) is 28.6. The van der Waals surface area contributed by atoms with Crippen LogP contribution in [0.3, 0.4) is 0 Å². The van der Waals surface area contributed by atoms with Crippen molar-refractivity contribution in [1.82, 2.24) is 15.0 Å². The summed E-state index contributed by atoms with van der Waals surface area (Å²) in [6, 6.07) is 51.4. The van der Waals surface area contributed by atoms with Gasteiger partial charge in [0, 0.05) is 16.7 Å². The number of hydrogen-bond acceptors (Lipinski definition) is 3. The lowest BCUT2D eigenvalue weighted by atomic mass is 9.99. The molecule has 8 rings (SSSR count). The molecule has 0 bridgehead atoms. The summed E-state index contributed by atoms with van der Waals surface area (Å²) < 4.78 is 0. The van der Waals surface area contributed by atoms with Gasteiger partial charge >= 0.3 is 0 Å². The average molecular weight is 660 g/mol. The van der Waals surface area contributed by atoms with Gasteiger partial charge in [0.2, 0.25) is 0 Å². The first-order valence-corrected chi connectivity index (χ1v) is 20.1. The van der Waals surface area contributed by atoms with Gasteiger partial charge in [0.1, 0.15) is 8.07 Å². The molecule has 0 N–H and O–H groups in total. The Bertz CT molecular complexity index is 2410. The molecule has 0 unspecified atom stereocenters. The first-order valence-electron chi connectivity index (χ1n) is 17.1. The van der Waals surface area contributed by atoms with E-state index in [9.17, 15) is 0 Å². The highest BCUT2D eigenvalue weighted by Crippen LogP contribution is 2.33. The van der Waals surface area contributed by atoms with Crippen LogP contribution in [0, 0.1) is 0 Å². The van der Waals surface area contributed by atoms with Crippen LogP contribution < -0.4 is 10.4 Å². The summed E-state index contributed by atoms with van der Waals surface area (Å²) in [7, 11) is -1.78. The Morgan fingerprint density at radius 1 is 0.500 bits per heavy atom. The van der Waals surface area contributed by atoms with E-state index in [2.05, 4.69) is 166 Å². The predicted octanol–water partition coefficient (Wildman–Crippen LogP) is 10.5. The van der Waals surface area contributed by atoms with Crippen molar-refractivity contribution < 1.29 is 0 Å². The molecule has 0 spiro atoms. The largest absolute Gasteiger partial charge is 0.208 e. The fraction of sp³-hybridized carbons (Fsp3) is 0.0652. The molecule has 7 aromatic rings. The smallest absolute Gasteiger partial charge is 0.164 e. The Hall–Kier alpha value is -5.97. The van der Waals surface area contributed by atoms with Gasteiger partial charge in [-0.1, -0.05) is 165 Å². The third-order valence-corrected chi connectivity index (χ3v) is 13.5. The van der Waals surface area contributed by atoms with Crippen molar-refractivity contribution in [1.29, 1.82) is 0 Å². The summed E-state index contributed by atoms with van der Waals surface area (Å²) in [5.74, 6) is 1.93. The van der Waals surface area contributed by atoms with E-state index in [0.717, 1.165) is 33.4 Å². The Kier molecular flexibility index (Phi) is 8.02. The third-order valence-electron chi connectivity index (χ3n) is 9.89. The van der Waals surface area contributed by atoms with Gasteiger partial charge in [0.25, 0.3) is 0 Å². The van der Waals surface area contributed by atoms with Crippen molar-refractivity contribution in [2.75, 3.05) is 0 Å². The maximum absolute atomic E-state index is 5.14. The molecule has 240 valence electrons. The second-order valence-electron chi connectivity index (χ2n) is 13.4. The molecule has 1 aromatic heterocycles. The monoisotopic (exact) mass is 659 g/mol. The van der Waals surface area contributed by atoms with E-state index in [4.69, 9.17) is 15.0 Å². The standard InChI is InChI=1S/C46H37N3Si/c1-5-32-29-38(25-24-37(32)28-31(2)33-14-8-6-9-15-33)45-47-44(36-22-20-35(21-23-36)34-16-10-7-11-17-34)48-46(49-45)39-26-27-43-41(30-39)40-18-12-13-19-42(40)50(43,3)4/h5-30H,1H2,2-4H3/b31-28+. The summed E-state index contributed by atoms with van der Waals surface area (Å²) in [6.45, 7) is 11.2. The Morgan fingerprint density at radius 3 is 1.72 bits per heavy atom. The maximum atomic E-state index is 5.14. The van der Waals surface area contributed by atoms with Gasteiger partial charge in [-0.05, 0) is 73.9 Å². The average Bonchev–Trinajstić information content (AvgIpc) is 3.41. The highest BCUT2D eigenvalue weighted by molar-refractivity contribution is 7.03. The lowest BCUT2D eigenvalue weighted by Gasteiger charge is -2.18. The van der Waals surface area contributed by atoms with Crippen molar-refractivity contribution in [2.45, 2.75) is 20.0 Å². The third kappa shape index (κ3) is 5.74. The van der Waals surface area contributed by atoms with Crippen LogP contribution in [0.1, 0.15) is 23.6 Å². The van der Waals surface area contributed by atoms with Gasteiger partial charge in [0.05, 0.1) is 0 Å². The number of fused-ring (bicyclic) bond motifs is 3. The van der Waals surface area contributed by atoms with E-state index in [1.165, 1.54) is 38.2 Å². The molecule has 0 fully saturated rings. The van der Waals surface area contributed by atoms with Crippen LogP contribution in [-0.4, -0.2) is 23.0 Å². The molecule has 3 nitrogen and oxygen atoms in total. The Balaban J connectivity index is 1.25. The van der Waals surface area contributed by atoms with Crippen LogP contribution in [0.4, 0.5) is 0 Å². The van der Waals surface area contributed by atoms with Crippen LogP contribution in [0.2, 0.25) is 13.1 Å². The summed E-state index contributed by atoms with van der Waals surface area (Å²) in [4.78, 5) is 15.3. The SMILES string of the molecule is C=Cc1cc(-c2nc(-c3ccc(-c4ccccc4)cc3)nc(-c3ccc4c(c3)-c3ccccc3[Si]4(C)C)n2)ccc1/C=C(\C)c1ccccc1.